The van der Waals surface area contributed by atoms with Crippen molar-refractivity contribution in [3.05, 3.63) is 54.8 Å². The normalized spacial score (nSPS) is 28.8. The Hall–Kier alpha value is -2.52. The molecule has 2 N–H and O–H groups in total. The molecule has 0 bridgehead atoms. The molecular weight excluding hydrogens is 490 g/mol. The van der Waals surface area contributed by atoms with Crippen molar-refractivity contribution in [2.24, 2.45) is 0 Å². The topological polar surface area (TPSA) is 114 Å². The number of hydrogen-bond acceptors (Lipinski definition) is 7. The maximum absolute atomic E-state index is 15.6. The molecule has 198 valence electrons. The van der Waals surface area contributed by atoms with Crippen molar-refractivity contribution in [3.63, 3.8) is 0 Å². The van der Waals surface area contributed by atoms with Crippen LogP contribution in [-0.2, 0) is 23.6 Å². The van der Waals surface area contributed by atoms with Gasteiger partial charge >= 0.3 is 13.5 Å². The number of benzene rings is 1. The number of hydrogen-bond donors (Lipinski definition) is 2. The molecule has 1 aromatic carbocycles. The monoisotopic (exact) mass is 524 g/mol. The van der Waals surface area contributed by atoms with E-state index in [0.717, 1.165) is 11.8 Å². The molecule has 0 spiro atoms. The van der Waals surface area contributed by atoms with Crippen LogP contribution in [0.15, 0.2) is 54.8 Å². The number of para-hydroxylation sites is 1. The fraction of sp³-hybridized carbons (Fsp3) is 0.520. The first-order valence-corrected chi connectivity index (χ1v) is 13.6. The van der Waals surface area contributed by atoms with E-state index in [9.17, 15) is 19.3 Å². The molecule has 1 fully saturated rings. The molecule has 1 saturated heterocycles. The highest BCUT2D eigenvalue weighted by molar-refractivity contribution is 7.57. The fourth-order valence-electron chi connectivity index (χ4n) is 4.04. The lowest BCUT2D eigenvalue weighted by Crippen LogP contribution is -2.50. The van der Waals surface area contributed by atoms with Crippen LogP contribution in [0.1, 0.15) is 40.5 Å². The Labute approximate surface area is 210 Å². The van der Waals surface area contributed by atoms with Crippen LogP contribution in [-0.4, -0.2) is 64.3 Å². The standard InChI is InChI=1S/C25H34FN2O7P/c1-16(2)33-23(31)18(4)27-36(32,35-19-9-7-6-8-10-19)14-12-20-22(30)25(5,26)24(34-20)28-13-11-17(3)15-21(28)29/h6-11,13,16,18,20,22,24,30H,3,12,14-15H2,1-2,4-5H3,(H,27,32)/t18-,20+,22+,24+,25+,36-/m0/s1. The summed E-state index contributed by atoms with van der Waals surface area (Å²) in [6.07, 6.45) is -1.67. The summed E-state index contributed by atoms with van der Waals surface area (Å²) < 4.78 is 46.1. The zero-order valence-corrected chi connectivity index (χ0v) is 21.8. The highest BCUT2D eigenvalue weighted by Crippen LogP contribution is 2.47. The summed E-state index contributed by atoms with van der Waals surface area (Å²) in [5.74, 6) is -0.697. The number of nitrogens with zero attached hydrogens (tertiary/aromatic N) is 1. The van der Waals surface area contributed by atoms with E-state index in [1.807, 2.05) is 0 Å². The average Bonchev–Trinajstić information content (AvgIpc) is 3.01. The molecule has 11 heteroatoms. The number of carbonyl (C=O) groups is 2. The predicted octanol–water partition coefficient (Wildman–Crippen LogP) is 3.69. The quantitative estimate of drug-likeness (QED) is 0.352. The first kappa shape index (κ1) is 28.1. The maximum atomic E-state index is 15.6. The molecule has 0 radical (unpaired) electrons. The molecule has 0 unspecified atom stereocenters. The molecule has 1 amide bonds. The number of nitrogens with one attached hydrogen (secondary N) is 1. The summed E-state index contributed by atoms with van der Waals surface area (Å²) in [6, 6.07) is 7.45. The SMILES string of the molecule is C=C1C=CN([C@@H]2O[C@H](CC[P@@](=O)(N[C@@H](C)C(=O)OC(C)C)Oc3ccccc3)[C@@H](O)[C@@]2(C)F)C(=O)C1. The lowest BCUT2D eigenvalue weighted by atomic mass is 9.96. The Balaban J connectivity index is 1.76. The van der Waals surface area contributed by atoms with Crippen molar-refractivity contribution in [2.75, 3.05) is 6.16 Å². The van der Waals surface area contributed by atoms with Crippen LogP contribution < -0.4 is 9.61 Å². The van der Waals surface area contributed by atoms with E-state index in [4.69, 9.17) is 14.0 Å². The predicted molar refractivity (Wildman–Crippen MR) is 132 cm³/mol. The first-order chi connectivity index (χ1) is 16.8. The molecule has 0 aromatic heterocycles. The maximum Gasteiger partial charge on any atom is 0.323 e. The second kappa shape index (κ2) is 11.3. The number of ether oxygens (including phenoxy) is 2. The molecule has 2 heterocycles. The minimum atomic E-state index is -3.76. The number of halogens is 1. The van der Waals surface area contributed by atoms with Crippen LogP contribution in [0.25, 0.3) is 0 Å². The summed E-state index contributed by atoms with van der Waals surface area (Å²) in [5.41, 5.74) is -1.70. The van der Waals surface area contributed by atoms with Crippen molar-refractivity contribution in [2.45, 2.75) is 76.8 Å². The van der Waals surface area contributed by atoms with Gasteiger partial charge in [-0.2, -0.15) is 0 Å². The zero-order valence-electron chi connectivity index (χ0n) is 20.9. The third kappa shape index (κ3) is 6.62. The van der Waals surface area contributed by atoms with Crippen LogP contribution in [0.3, 0.4) is 0 Å². The molecule has 0 aliphatic carbocycles. The van der Waals surface area contributed by atoms with E-state index in [1.165, 1.54) is 13.1 Å². The van der Waals surface area contributed by atoms with E-state index < -0.39 is 49.5 Å². The molecule has 3 rings (SSSR count). The van der Waals surface area contributed by atoms with Gasteiger partial charge in [0.15, 0.2) is 11.9 Å². The van der Waals surface area contributed by atoms with Crippen LogP contribution in [0.5, 0.6) is 5.75 Å². The zero-order chi connectivity index (χ0) is 26.7. The highest BCUT2D eigenvalue weighted by atomic mass is 31.2. The molecule has 2 aliphatic heterocycles. The lowest BCUT2D eigenvalue weighted by Gasteiger charge is -2.33. The minimum absolute atomic E-state index is 0.0155. The van der Waals surface area contributed by atoms with Crippen molar-refractivity contribution in [3.8, 4) is 5.75 Å². The van der Waals surface area contributed by atoms with E-state index in [-0.39, 0.29) is 25.1 Å². The Morgan fingerprint density at radius 3 is 2.64 bits per heavy atom. The van der Waals surface area contributed by atoms with Crippen molar-refractivity contribution >= 4 is 19.4 Å². The fourth-order valence-corrected chi connectivity index (χ4v) is 6.06. The van der Waals surface area contributed by atoms with E-state index in [2.05, 4.69) is 11.7 Å². The van der Waals surface area contributed by atoms with Gasteiger partial charge in [-0.25, -0.2) is 9.48 Å². The lowest BCUT2D eigenvalue weighted by molar-refractivity contribution is -0.149. The van der Waals surface area contributed by atoms with Gasteiger partial charge in [0.05, 0.1) is 24.8 Å². The highest BCUT2D eigenvalue weighted by Gasteiger charge is 2.57. The third-order valence-electron chi connectivity index (χ3n) is 5.91. The molecule has 9 nitrogen and oxygen atoms in total. The number of carbonyl (C=O) groups excluding carboxylic acids is 2. The number of rotatable bonds is 10. The van der Waals surface area contributed by atoms with Gasteiger partial charge in [-0.3, -0.25) is 19.1 Å². The van der Waals surface area contributed by atoms with Crippen molar-refractivity contribution < 1.29 is 37.6 Å². The third-order valence-corrected chi connectivity index (χ3v) is 8.04. The van der Waals surface area contributed by atoms with Crippen LogP contribution in [0.4, 0.5) is 4.39 Å². The minimum Gasteiger partial charge on any atom is -0.462 e. The molecule has 0 saturated carbocycles. The summed E-state index contributed by atoms with van der Waals surface area (Å²) in [4.78, 5) is 25.9. The van der Waals surface area contributed by atoms with Gasteiger partial charge < -0.3 is 19.1 Å². The number of aliphatic hydroxyl groups is 1. The molecule has 2 aliphatic rings. The van der Waals surface area contributed by atoms with Crippen molar-refractivity contribution in [1.29, 1.82) is 0 Å². The Morgan fingerprint density at radius 1 is 1.36 bits per heavy atom. The molecule has 6 atom stereocenters. The Morgan fingerprint density at radius 2 is 2.03 bits per heavy atom. The number of aliphatic hydroxyl groups excluding tert-OH is 1. The number of esters is 1. The van der Waals surface area contributed by atoms with Gasteiger partial charge in [-0.05, 0) is 57.9 Å². The Kier molecular flexibility index (Phi) is 8.77. The van der Waals surface area contributed by atoms with E-state index in [1.54, 1.807) is 50.3 Å². The summed E-state index contributed by atoms with van der Waals surface area (Å²) >= 11 is 0. The molecule has 1 aromatic rings. The summed E-state index contributed by atoms with van der Waals surface area (Å²) in [5, 5.41) is 13.4. The largest absolute Gasteiger partial charge is 0.462 e. The smallest absolute Gasteiger partial charge is 0.323 e. The van der Waals surface area contributed by atoms with Gasteiger partial charge in [-0.1, -0.05) is 24.8 Å². The second-order valence-corrected chi connectivity index (χ2v) is 11.7. The van der Waals surface area contributed by atoms with Crippen LogP contribution in [0.2, 0.25) is 0 Å². The van der Waals surface area contributed by atoms with Gasteiger partial charge in [0, 0.05) is 6.20 Å². The number of alkyl halides is 1. The first-order valence-electron chi connectivity index (χ1n) is 11.8. The van der Waals surface area contributed by atoms with E-state index >= 15 is 4.39 Å². The van der Waals surface area contributed by atoms with Crippen molar-refractivity contribution in [1.82, 2.24) is 9.99 Å². The van der Waals surface area contributed by atoms with Gasteiger partial charge in [0.2, 0.25) is 5.91 Å². The summed E-state index contributed by atoms with van der Waals surface area (Å²) in [6.45, 7) is 9.80. The van der Waals surface area contributed by atoms with Gasteiger partial charge in [0.1, 0.15) is 17.9 Å². The molecule has 36 heavy (non-hydrogen) atoms. The van der Waals surface area contributed by atoms with Gasteiger partial charge in [0.25, 0.3) is 0 Å². The average molecular weight is 525 g/mol. The van der Waals surface area contributed by atoms with Crippen LogP contribution in [0, 0.1) is 0 Å². The van der Waals surface area contributed by atoms with Crippen LogP contribution >= 0.6 is 7.52 Å². The number of amides is 1. The second-order valence-electron chi connectivity index (χ2n) is 9.50. The van der Waals surface area contributed by atoms with Gasteiger partial charge in [-0.15, -0.1) is 0 Å². The number of allylic oxidation sites excluding steroid dienone is 1. The Bertz CT molecular complexity index is 1050. The van der Waals surface area contributed by atoms with E-state index in [0.29, 0.717) is 11.3 Å². The summed E-state index contributed by atoms with van der Waals surface area (Å²) in [7, 11) is -3.76. The molecular formula is C25H34FN2O7P.